The fourth-order valence-corrected chi connectivity index (χ4v) is 4.61. The number of methoxy groups -OCH3 is 1. The van der Waals surface area contributed by atoms with Gasteiger partial charge in [0.2, 0.25) is 0 Å². The van der Waals surface area contributed by atoms with Crippen LogP contribution in [-0.2, 0) is 0 Å². The second-order valence-corrected chi connectivity index (χ2v) is 8.73. The summed E-state index contributed by atoms with van der Waals surface area (Å²) in [5.41, 5.74) is 1.25. The molecule has 170 valence electrons. The number of aliphatic imine (C=N–C) groups is 1. The third-order valence-electron chi connectivity index (χ3n) is 6.46. The molecule has 0 saturated carbocycles. The normalized spacial score (nSPS) is 24.0. The fourth-order valence-electron chi connectivity index (χ4n) is 4.61. The third kappa shape index (κ3) is 6.23. The van der Waals surface area contributed by atoms with Crippen molar-refractivity contribution in [1.82, 2.24) is 20.4 Å². The Morgan fingerprint density at radius 3 is 2.47 bits per heavy atom. The minimum absolute atomic E-state index is 0. The second kappa shape index (κ2) is 12.1. The van der Waals surface area contributed by atoms with Crippen LogP contribution in [0.3, 0.4) is 0 Å². The summed E-state index contributed by atoms with van der Waals surface area (Å²) in [5, 5.41) is 7.28. The van der Waals surface area contributed by atoms with E-state index in [1.807, 2.05) is 13.1 Å². The van der Waals surface area contributed by atoms with Crippen LogP contribution in [0.1, 0.15) is 45.2 Å². The van der Waals surface area contributed by atoms with Gasteiger partial charge in [-0.1, -0.05) is 25.1 Å². The highest BCUT2D eigenvalue weighted by atomic mass is 127. The maximum atomic E-state index is 5.67. The highest BCUT2D eigenvalue weighted by Gasteiger charge is 2.32. The van der Waals surface area contributed by atoms with Crippen LogP contribution in [0.5, 0.6) is 5.75 Å². The molecule has 3 rings (SSSR count). The molecule has 3 atom stereocenters. The first kappa shape index (κ1) is 25.2. The Morgan fingerprint density at radius 1 is 1.17 bits per heavy atom. The van der Waals surface area contributed by atoms with Gasteiger partial charge in [-0.15, -0.1) is 24.0 Å². The minimum atomic E-state index is 0. The van der Waals surface area contributed by atoms with Gasteiger partial charge in [0, 0.05) is 44.3 Å². The Labute approximate surface area is 199 Å². The van der Waals surface area contributed by atoms with Crippen molar-refractivity contribution >= 4 is 29.9 Å². The molecule has 0 radical (unpaired) electrons. The average Bonchev–Trinajstić information content (AvgIpc) is 3.38. The lowest BCUT2D eigenvalue weighted by atomic mass is 10.0. The molecule has 2 fully saturated rings. The summed E-state index contributed by atoms with van der Waals surface area (Å²) < 4.78 is 5.67. The fraction of sp³-hybridized carbons (Fsp3) is 0.696. The van der Waals surface area contributed by atoms with Crippen molar-refractivity contribution in [2.24, 2.45) is 10.9 Å². The molecule has 2 heterocycles. The molecule has 6 nitrogen and oxygen atoms in total. The largest absolute Gasteiger partial charge is 0.496 e. The molecule has 2 saturated heterocycles. The number of nitrogens with zero attached hydrogens (tertiary/aromatic N) is 3. The molecule has 0 amide bonds. The van der Waals surface area contributed by atoms with Gasteiger partial charge in [0.25, 0.3) is 0 Å². The number of rotatable bonds is 7. The van der Waals surface area contributed by atoms with Crippen LogP contribution in [0.15, 0.2) is 29.3 Å². The lowest BCUT2D eigenvalue weighted by Crippen LogP contribution is -2.48. The number of nitrogens with one attached hydrogen (secondary N) is 2. The molecule has 1 aromatic carbocycles. The zero-order chi connectivity index (χ0) is 20.8. The molecule has 3 unspecified atom stereocenters. The van der Waals surface area contributed by atoms with Crippen molar-refractivity contribution in [3.05, 3.63) is 29.8 Å². The van der Waals surface area contributed by atoms with Gasteiger partial charge in [-0.3, -0.25) is 14.8 Å². The SMILES string of the molecule is CN=C(NCC(c1ccccc1OC)N1CCCC1)NC1CN(C(C)C)CC1C.I. The Kier molecular flexibility index (Phi) is 10.2. The molecule has 0 bridgehead atoms. The van der Waals surface area contributed by atoms with E-state index in [4.69, 9.17) is 4.74 Å². The predicted molar refractivity (Wildman–Crippen MR) is 136 cm³/mol. The van der Waals surface area contributed by atoms with E-state index >= 15 is 0 Å². The van der Waals surface area contributed by atoms with Gasteiger partial charge < -0.3 is 15.4 Å². The quantitative estimate of drug-likeness (QED) is 0.323. The van der Waals surface area contributed by atoms with Crippen molar-refractivity contribution < 1.29 is 4.74 Å². The van der Waals surface area contributed by atoms with Crippen molar-refractivity contribution in [2.75, 3.05) is 46.9 Å². The number of ether oxygens (including phenoxy) is 1. The maximum absolute atomic E-state index is 5.67. The van der Waals surface area contributed by atoms with E-state index in [1.165, 1.54) is 18.4 Å². The van der Waals surface area contributed by atoms with Crippen LogP contribution in [0.2, 0.25) is 0 Å². The first-order valence-electron chi connectivity index (χ1n) is 11.1. The van der Waals surface area contributed by atoms with Crippen LogP contribution < -0.4 is 15.4 Å². The summed E-state index contributed by atoms with van der Waals surface area (Å²) in [6.45, 7) is 12.2. The summed E-state index contributed by atoms with van der Waals surface area (Å²) in [7, 11) is 3.62. The Bertz CT molecular complexity index is 677. The zero-order valence-corrected chi connectivity index (χ0v) is 21.6. The molecule has 0 spiro atoms. The molecular weight excluding hydrogens is 489 g/mol. The second-order valence-electron chi connectivity index (χ2n) is 8.73. The smallest absolute Gasteiger partial charge is 0.191 e. The number of para-hydroxylation sites is 1. The van der Waals surface area contributed by atoms with Gasteiger partial charge in [0.15, 0.2) is 5.96 Å². The molecule has 0 aliphatic carbocycles. The van der Waals surface area contributed by atoms with E-state index in [9.17, 15) is 0 Å². The van der Waals surface area contributed by atoms with Gasteiger partial charge in [-0.25, -0.2) is 0 Å². The number of likely N-dealkylation sites (tertiary alicyclic amines) is 2. The number of halogens is 1. The molecular formula is C23H40IN5O. The summed E-state index contributed by atoms with van der Waals surface area (Å²) in [5.74, 6) is 2.47. The summed E-state index contributed by atoms with van der Waals surface area (Å²) in [6.07, 6.45) is 2.53. The number of benzene rings is 1. The molecule has 2 aliphatic rings. The lowest BCUT2D eigenvalue weighted by Gasteiger charge is -2.30. The lowest BCUT2D eigenvalue weighted by molar-refractivity contribution is 0.239. The van der Waals surface area contributed by atoms with Crippen LogP contribution in [0.25, 0.3) is 0 Å². The van der Waals surface area contributed by atoms with Gasteiger partial charge in [-0.2, -0.15) is 0 Å². The van der Waals surface area contributed by atoms with Gasteiger partial charge in [0.1, 0.15) is 5.75 Å². The number of hydrogen-bond acceptors (Lipinski definition) is 4. The van der Waals surface area contributed by atoms with Crippen molar-refractivity contribution in [1.29, 1.82) is 0 Å². The van der Waals surface area contributed by atoms with Crippen molar-refractivity contribution in [3.63, 3.8) is 0 Å². The summed E-state index contributed by atoms with van der Waals surface area (Å²) >= 11 is 0. The van der Waals surface area contributed by atoms with E-state index < -0.39 is 0 Å². The maximum Gasteiger partial charge on any atom is 0.191 e. The Hall–Kier alpha value is -1.06. The number of guanidine groups is 1. The van der Waals surface area contributed by atoms with Crippen LogP contribution >= 0.6 is 24.0 Å². The average molecular weight is 530 g/mol. The molecule has 2 aliphatic heterocycles. The van der Waals surface area contributed by atoms with E-state index in [-0.39, 0.29) is 30.0 Å². The Morgan fingerprint density at radius 2 is 1.87 bits per heavy atom. The van der Waals surface area contributed by atoms with E-state index in [0.717, 1.165) is 44.4 Å². The van der Waals surface area contributed by atoms with E-state index in [0.29, 0.717) is 18.0 Å². The van der Waals surface area contributed by atoms with Crippen molar-refractivity contribution in [3.8, 4) is 5.75 Å². The Balaban J connectivity index is 0.00000320. The highest BCUT2D eigenvalue weighted by molar-refractivity contribution is 14.0. The molecule has 0 aromatic heterocycles. The van der Waals surface area contributed by atoms with Gasteiger partial charge in [-0.05, 0) is 51.8 Å². The molecule has 30 heavy (non-hydrogen) atoms. The molecule has 1 aromatic rings. The molecule has 7 heteroatoms. The molecule has 2 N–H and O–H groups in total. The van der Waals surface area contributed by atoms with Crippen LogP contribution in [-0.4, -0.2) is 74.7 Å². The standard InChI is InChI=1S/C23H39N5O.HI/c1-17(2)28-15-18(3)20(16-28)26-23(24-4)25-14-21(27-12-8-9-13-27)19-10-6-7-11-22(19)29-5;/h6-7,10-11,17-18,20-21H,8-9,12-16H2,1-5H3,(H2,24,25,26);1H. The zero-order valence-electron chi connectivity index (χ0n) is 19.2. The monoisotopic (exact) mass is 529 g/mol. The van der Waals surface area contributed by atoms with Crippen molar-refractivity contribution in [2.45, 2.75) is 51.7 Å². The topological polar surface area (TPSA) is 52.1 Å². The summed E-state index contributed by atoms with van der Waals surface area (Å²) in [4.78, 5) is 9.62. The highest BCUT2D eigenvalue weighted by Crippen LogP contribution is 2.31. The third-order valence-corrected chi connectivity index (χ3v) is 6.46. The van der Waals surface area contributed by atoms with Gasteiger partial charge in [0.05, 0.1) is 13.2 Å². The number of hydrogen-bond donors (Lipinski definition) is 2. The van der Waals surface area contributed by atoms with Gasteiger partial charge >= 0.3 is 0 Å². The summed E-state index contributed by atoms with van der Waals surface area (Å²) in [6, 6.07) is 9.70. The minimum Gasteiger partial charge on any atom is -0.496 e. The van der Waals surface area contributed by atoms with Crippen LogP contribution in [0.4, 0.5) is 0 Å². The van der Waals surface area contributed by atoms with E-state index in [2.05, 4.69) is 64.4 Å². The first-order valence-corrected chi connectivity index (χ1v) is 11.1. The van der Waals surface area contributed by atoms with Crippen LogP contribution in [0, 0.1) is 5.92 Å². The van der Waals surface area contributed by atoms with E-state index in [1.54, 1.807) is 7.11 Å². The first-order chi connectivity index (χ1) is 14.0. The predicted octanol–water partition coefficient (Wildman–Crippen LogP) is 3.34.